The topological polar surface area (TPSA) is 55.8 Å². The lowest BCUT2D eigenvalue weighted by molar-refractivity contribution is 0.0691. The van der Waals surface area contributed by atoms with Crippen molar-refractivity contribution in [3.05, 3.63) is 58.1 Å². The lowest BCUT2D eigenvalue weighted by Gasteiger charge is -2.13. The Morgan fingerprint density at radius 1 is 1.20 bits per heavy atom. The van der Waals surface area contributed by atoms with Crippen LogP contribution < -0.4 is 9.47 Å². The van der Waals surface area contributed by atoms with E-state index in [-0.39, 0.29) is 17.9 Å². The summed E-state index contributed by atoms with van der Waals surface area (Å²) >= 11 is 3.36. The molecule has 0 heterocycles. The van der Waals surface area contributed by atoms with Crippen LogP contribution in [-0.2, 0) is 6.61 Å². The molecule has 0 atom stereocenters. The minimum Gasteiger partial charge on any atom is -0.493 e. The molecule has 0 saturated carbocycles. The SMILES string of the molecule is COc1cccc(C(=O)O)c1OCc1ccc(Br)cc1. The predicted molar refractivity (Wildman–Crippen MR) is 78.4 cm³/mol. The molecule has 104 valence electrons. The summed E-state index contributed by atoms with van der Waals surface area (Å²) in [6.07, 6.45) is 0. The van der Waals surface area contributed by atoms with Crippen molar-refractivity contribution in [1.82, 2.24) is 0 Å². The fourth-order valence-corrected chi connectivity index (χ4v) is 1.99. The van der Waals surface area contributed by atoms with Crippen LogP contribution in [-0.4, -0.2) is 18.2 Å². The number of rotatable bonds is 5. The highest BCUT2D eigenvalue weighted by molar-refractivity contribution is 9.10. The lowest BCUT2D eigenvalue weighted by atomic mass is 10.2. The van der Waals surface area contributed by atoms with Gasteiger partial charge in [0.15, 0.2) is 11.5 Å². The molecule has 0 aromatic heterocycles. The monoisotopic (exact) mass is 336 g/mol. The molecule has 0 radical (unpaired) electrons. The number of aromatic carboxylic acids is 1. The maximum atomic E-state index is 11.2. The first kappa shape index (κ1) is 14.4. The van der Waals surface area contributed by atoms with E-state index in [4.69, 9.17) is 9.47 Å². The van der Waals surface area contributed by atoms with Gasteiger partial charge in [-0.2, -0.15) is 0 Å². The van der Waals surface area contributed by atoms with Crippen molar-refractivity contribution in [2.24, 2.45) is 0 Å². The van der Waals surface area contributed by atoms with Gasteiger partial charge in [-0.3, -0.25) is 0 Å². The molecule has 0 fully saturated rings. The van der Waals surface area contributed by atoms with E-state index in [2.05, 4.69) is 15.9 Å². The van der Waals surface area contributed by atoms with E-state index in [1.165, 1.54) is 13.2 Å². The highest BCUT2D eigenvalue weighted by Crippen LogP contribution is 2.31. The largest absolute Gasteiger partial charge is 0.493 e. The summed E-state index contributed by atoms with van der Waals surface area (Å²) < 4.78 is 11.7. The average molecular weight is 337 g/mol. The van der Waals surface area contributed by atoms with Gasteiger partial charge in [-0.15, -0.1) is 0 Å². The first-order valence-corrected chi connectivity index (χ1v) is 6.68. The molecule has 0 aliphatic carbocycles. The number of hydrogen-bond acceptors (Lipinski definition) is 3. The third-order valence-corrected chi connectivity index (χ3v) is 3.25. The van der Waals surface area contributed by atoms with Crippen molar-refractivity contribution in [1.29, 1.82) is 0 Å². The van der Waals surface area contributed by atoms with Gasteiger partial charge in [-0.05, 0) is 29.8 Å². The molecule has 1 N–H and O–H groups in total. The second-order valence-corrected chi connectivity index (χ2v) is 4.97. The highest BCUT2D eigenvalue weighted by Gasteiger charge is 2.16. The minimum absolute atomic E-state index is 0.0847. The predicted octanol–water partition coefficient (Wildman–Crippen LogP) is 3.73. The van der Waals surface area contributed by atoms with Crippen LogP contribution >= 0.6 is 15.9 Å². The van der Waals surface area contributed by atoms with Gasteiger partial charge in [0.2, 0.25) is 0 Å². The van der Waals surface area contributed by atoms with E-state index in [1.807, 2.05) is 24.3 Å². The molecule has 0 spiro atoms. The van der Waals surface area contributed by atoms with E-state index >= 15 is 0 Å². The van der Waals surface area contributed by atoms with Gasteiger partial charge in [0.1, 0.15) is 12.2 Å². The molecule has 20 heavy (non-hydrogen) atoms. The van der Waals surface area contributed by atoms with E-state index in [0.717, 1.165) is 10.0 Å². The number of carboxylic acid groups (broad SMARTS) is 1. The van der Waals surface area contributed by atoms with Crippen LogP contribution in [0.25, 0.3) is 0 Å². The van der Waals surface area contributed by atoms with Gasteiger partial charge >= 0.3 is 5.97 Å². The zero-order valence-corrected chi connectivity index (χ0v) is 12.4. The maximum absolute atomic E-state index is 11.2. The molecular weight excluding hydrogens is 324 g/mol. The number of halogens is 1. The van der Waals surface area contributed by atoms with E-state index in [9.17, 15) is 9.90 Å². The van der Waals surface area contributed by atoms with Crippen molar-refractivity contribution in [2.75, 3.05) is 7.11 Å². The van der Waals surface area contributed by atoms with Crippen LogP contribution in [0.1, 0.15) is 15.9 Å². The molecule has 0 amide bonds. The number of carbonyl (C=O) groups is 1. The van der Waals surface area contributed by atoms with Gasteiger partial charge in [0, 0.05) is 4.47 Å². The van der Waals surface area contributed by atoms with Gasteiger partial charge in [0.05, 0.1) is 7.11 Å². The summed E-state index contributed by atoms with van der Waals surface area (Å²) in [5, 5.41) is 9.18. The Balaban J connectivity index is 2.23. The quantitative estimate of drug-likeness (QED) is 0.903. The highest BCUT2D eigenvalue weighted by atomic mass is 79.9. The number of methoxy groups -OCH3 is 1. The second kappa shape index (κ2) is 6.43. The molecule has 5 heteroatoms. The zero-order chi connectivity index (χ0) is 14.5. The molecule has 2 aromatic carbocycles. The fraction of sp³-hybridized carbons (Fsp3) is 0.133. The standard InChI is InChI=1S/C15H13BrO4/c1-19-13-4-2-3-12(15(17)18)14(13)20-9-10-5-7-11(16)8-6-10/h2-8H,9H2,1H3,(H,17,18). The van der Waals surface area contributed by atoms with Crippen LogP contribution in [0.3, 0.4) is 0 Å². The molecule has 4 nitrogen and oxygen atoms in total. The second-order valence-electron chi connectivity index (χ2n) is 4.06. The van der Waals surface area contributed by atoms with Gasteiger partial charge in [-0.1, -0.05) is 34.1 Å². The van der Waals surface area contributed by atoms with Crippen molar-refractivity contribution >= 4 is 21.9 Å². The van der Waals surface area contributed by atoms with Gasteiger partial charge in [-0.25, -0.2) is 4.79 Å². The van der Waals surface area contributed by atoms with Crippen molar-refractivity contribution < 1.29 is 19.4 Å². The molecule has 0 aliphatic heterocycles. The summed E-state index contributed by atoms with van der Waals surface area (Å²) in [6, 6.07) is 12.4. The summed E-state index contributed by atoms with van der Waals surface area (Å²) in [4.78, 5) is 11.2. The Hall–Kier alpha value is -2.01. The number of para-hydroxylation sites is 1. The minimum atomic E-state index is -1.05. The maximum Gasteiger partial charge on any atom is 0.339 e. The molecule has 0 unspecified atom stereocenters. The summed E-state index contributed by atoms with van der Waals surface area (Å²) in [6.45, 7) is 0.272. The number of ether oxygens (including phenoxy) is 2. The first-order chi connectivity index (χ1) is 9.61. The van der Waals surface area contributed by atoms with Gasteiger partial charge < -0.3 is 14.6 Å². The van der Waals surface area contributed by atoms with Crippen LogP contribution in [0, 0.1) is 0 Å². The summed E-state index contributed by atoms with van der Waals surface area (Å²) in [5.41, 5.74) is 1.02. The van der Waals surface area contributed by atoms with Crippen molar-refractivity contribution in [3.63, 3.8) is 0 Å². The Morgan fingerprint density at radius 2 is 1.90 bits per heavy atom. The molecular formula is C15H13BrO4. The number of benzene rings is 2. The van der Waals surface area contributed by atoms with Gasteiger partial charge in [0.25, 0.3) is 0 Å². The van der Waals surface area contributed by atoms with Crippen LogP contribution in [0.4, 0.5) is 0 Å². The molecule has 2 aromatic rings. The first-order valence-electron chi connectivity index (χ1n) is 5.89. The van der Waals surface area contributed by atoms with Crippen LogP contribution in [0.5, 0.6) is 11.5 Å². The van der Waals surface area contributed by atoms with E-state index in [0.29, 0.717) is 5.75 Å². The number of carboxylic acids is 1. The zero-order valence-electron chi connectivity index (χ0n) is 10.8. The third-order valence-electron chi connectivity index (χ3n) is 2.73. The lowest BCUT2D eigenvalue weighted by Crippen LogP contribution is -2.05. The Labute approximate surface area is 125 Å². The summed E-state index contributed by atoms with van der Waals surface area (Å²) in [7, 11) is 1.48. The Bertz CT molecular complexity index is 608. The van der Waals surface area contributed by atoms with Crippen LogP contribution in [0.15, 0.2) is 46.9 Å². The summed E-state index contributed by atoms with van der Waals surface area (Å²) in [5.74, 6) is -0.401. The Morgan fingerprint density at radius 3 is 2.50 bits per heavy atom. The molecule has 2 rings (SSSR count). The molecule has 0 saturated heterocycles. The average Bonchev–Trinajstić information content (AvgIpc) is 2.46. The van der Waals surface area contributed by atoms with E-state index < -0.39 is 5.97 Å². The third kappa shape index (κ3) is 3.30. The number of hydrogen-bond donors (Lipinski definition) is 1. The smallest absolute Gasteiger partial charge is 0.339 e. The molecule has 0 bridgehead atoms. The van der Waals surface area contributed by atoms with E-state index in [1.54, 1.807) is 12.1 Å². The van der Waals surface area contributed by atoms with Crippen molar-refractivity contribution in [2.45, 2.75) is 6.61 Å². The van der Waals surface area contributed by atoms with Crippen molar-refractivity contribution in [3.8, 4) is 11.5 Å². The normalized spacial score (nSPS) is 10.1. The van der Waals surface area contributed by atoms with Crippen LogP contribution in [0.2, 0.25) is 0 Å². The molecule has 0 aliphatic rings. The Kier molecular flexibility index (Phi) is 4.63. The fourth-order valence-electron chi connectivity index (χ4n) is 1.73.